The van der Waals surface area contributed by atoms with Crippen LogP contribution in [-0.4, -0.2) is 103 Å². The van der Waals surface area contributed by atoms with Crippen molar-refractivity contribution < 1.29 is 47.1 Å². The molecule has 6 saturated heterocycles. The first-order chi connectivity index (χ1) is 28.7. The summed E-state index contributed by atoms with van der Waals surface area (Å²) in [6.07, 6.45) is 9.39. The fraction of sp³-hybridized carbons (Fsp3) is 0.810. The van der Waals surface area contributed by atoms with Crippen molar-refractivity contribution in [3.63, 3.8) is 0 Å². The number of carbonyl (C=O) groups is 2. The Balaban J connectivity index is 1.15. The summed E-state index contributed by atoms with van der Waals surface area (Å²) in [7, 11) is 12.8. The molecule has 0 aromatic heterocycles. The number of rotatable bonds is 9. The lowest BCUT2D eigenvalue weighted by atomic mass is 9.78. The SMILES string of the molecule is C=C1C2C[C@@H]3O[C@H](C[C@H](C)CCPP)[C@H](C)C3CC(=O)C[C@H]3CC[C@@H]4O[C@@H]5C(O[C@H](CC(=O)/C=C/[C@H]6CC(=C)[C@H](CC[C@@H](C[C@H]1C)O2)O6)[C@@H]5OP(P)P)[C@@H](OP(P)P)[C@H]4O3. The summed E-state index contributed by atoms with van der Waals surface area (Å²) in [6, 6.07) is 0. The van der Waals surface area contributed by atoms with E-state index in [1.54, 1.807) is 6.08 Å². The molecule has 0 N–H and O–H groups in total. The average Bonchev–Trinajstić information content (AvgIpc) is 3.81. The van der Waals surface area contributed by atoms with Gasteiger partial charge in [0, 0.05) is 32.1 Å². The first kappa shape index (κ1) is 49.6. The van der Waals surface area contributed by atoms with Gasteiger partial charge in [-0.15, -0.1) is 17.2 Å². The maximum absolute atomic E-state index is 14.3. The molecular weight excluding hydrogens is 912 g/mol. The normalized spacial score (nSPS) is 44.2. The van der Waals surface area contributed by atoms with Crippen molar-refractivity contribution in [3.05, 3.63) is 36.5 Å². The van der Waals surface area contributed by atoms with Gasteiger partial charge in [-0.3, -0.25) is 9.59 Å². The monoisotopic (exact) mass is 982 g/mol. The van der Waals surface area contributed by atoms with Crippen molar-refractivity contribution >= 4 is 79.5 Å². The summed E-state index contributed by atoms with van der Waals surface area (Å²) in [5.74, 6) is 1.31. The van der Waals surface area contributed by atoms with E-state index in [0.717, 1.165) is 51.5 Å². The molecule has 0 spiro atoms. The van der Waals surface area contributed by atoms with Gasteiger partial charge < -0.3 is 37.5 Å². The zero-order valence-corrected chi connectivity index (χ0v) is 44.1. The molecule has 7 heterocycles. The molecule has 7 rings (SSSR count). The van der Waals surface area contributed by atoms with Crippen LogP contribution in [0.15, 0.2) is 36.5 Å². The van der Waals surface area contributed by atoms with Crippen LogP contribution in [-0.2, 0) is 47.1 Å². The molecule has 10 nitrogen and oxygen atoms in total. The summed E-state index contributed by atoms with van der Waals surface area (Å²) in [4.78, 5) is 27.9. The quantitative estimate of drug-likeness (QED) is 0.164. The van der Waals surface area contributed by atoms with E-state index in [1.807, 2.05) is 6.08 Å². The molecule has 60 heavy (non-hydrogen) atoms. The third kappa shape index (κ3) is 12.4. The lowest BCUT2D eigenvalue weighted by molar-refractivity contribution is -0.251. The highest BCUT2D eigenvalue weighted by atomic mass is 32.4. The van der Waals surface area contributed by atoms with Crippen LogP contribution in [0.5, 0.6) is 0 Å². The van der Waals surface area contributed by atoms with Crippen LogP contribution in [0, 0.1) is 23.7 Å². The highest BCUT2D eigenvalue weighted by Crippen LogP contribution is 2.60. The van der Waals surface area contributed by atoms with Crippen molar-refractivity contribution in [1.82, 2.24) is 0 Å². The molecule has 0 radical (unpaired) electrons. The van der Waals surface area contributed by atoms with Gasteiger partial charge in [-0.05, 0) is 92.0 Å². The molecule has 0 saturated carbocycles. The van der Waals surface area contributed by atoms with Crippen molar-refractivity contribution in [2.75, 3.05) is 6.16 Å². The van der Waals surface area contributed by atoms with E-state index < -0.39 is 51.7 Å². The third-order valence-electron chi connectivity index (χ3n) is 14.1. The molecule has 24 atom stereocenters. The van der Waals surface area contributed by atoms with Crippen LogP contribution in [0.4, 0.5) is 0 Å². The second kappa shape index (κ2) is 22.7. The first-order valence-corrected chi connectivity index (χ1v) is 34.1. The van der Waals surface area contributed by atoms with E-state index >= 15 is 0 Å². The maximum Gasteiger partial charge on any atom is 0.158 e. The zero-order valence-electron chi connectivity index (χ0n) is 35.5. The second-order valence-corrected chi connectivity index (χ2v) is 32.2. The Hall–Kier alpha value is 1.68. The number of ether oxygens (including phenoxy) is 6. The Bertz CT molecular complexity index is 1560. The van der Waals surface area contributed by atoms with E-state index in [9.17, 15) is 9.59 Å². The topological polar surface area (TPSA) is 108 Å². The Kier molecular flexibility index (Phi) is 18.7. The van der Waals surface area contributed by atoms with Crippen LogP contribution in [0.1, 0.15) is 97.8 Å². The Morgan fingerprint density at radius 1 is 0.783 bits per heavy atom. The smallest absolute Gasteiger partial charge is 0.158 e. The molecule has 338 valence electrons. The van der Waals surface area contributed by atoms with Gasteiger partial charge in [0.15, 0.2) is 5.78 Å². The highest BCUT2D eigenvalue weighted by molar-refractivity contribution is 8.41. The fourth-order valence-corrected chi connectivity index (χ4v) is 14.8. The van der Waals surface area contributed by atoms with Crippen LogP contribution >= 0.6 is 68.0 Å². The van der Waals surface area contributed by atoms with Crippen LogP contribution in [0.3, 0.4) is 0 Å². The van der Waals surface area contributed by atoms with E-state index in [-0.39, 0.29) is 78.7 Å². The Labute approximate surface area is 374 Å². The van der Waals surface area contributed by atoms with Gasteiger partial charge in [-0.1, -0.05) is 75.7 Å². The zero-order chi connectivity index (χ0) is 42.8. The molecule has 0 aromatic carbocycles. The van der Waals surface area contributed by atoms with Gasteiger partial charge in [0.25, 0.3) is 0 Å². The first-order valence-electron chi connectivity index (χ1n) is 22.0. The summed E-state index contributed by atoms with van der Waals surface area (Å²) < 4.78 is 54.0. The molecule has 7 aliphatic heterocycles. The Morgan fingerprint density at radius 3 is 2.25 bits per heavy atom. The molecule has 6 fully saturated rings. The van der Waals surface area contributed by atoms with Crippen molar-refractivity contribution in [2.24, 2.45) is 23.7 Å². The van der Waals surface area contributed by atoms with Gasteiger partial charge in [0.05, 0.1) is 70.0 Å². The van der Waals surface area contributed by atoms with Gasteiger partial charge in [0.1, 0.15) is 36.3 Å². The van der Waals surface area contributed by atoms with Crippen molar-refractivity contribution in [2.45, 2.75) is 183 Å². The number of Topliss-reactive ketones (excluding diaryl/α,β-unsaturated/α-hetero) is 1. The predicted molar refractivity (Wildman–Crippen MR) is 261 cm³/mol. The highest BCUT2D eigenvalue weighted by Gasteiger charge is 2.59. The summed E-state index contributed by atoms with van der Waals surface area (Å²) >= 11 is 0. The number of fused-ring (bicyclic) bond motifs is 7. The molecule has 8 bridgehead atoms. The van der Waals surface area contributed by atoms with Gasteiger partial charge in [-0.25, -0.2) is 0 Å². The number of ketones is 2. The van der Waals surface area contributed by atoms with Crippen LogP contribution in [0.25, 0.3) is 0 Å². The molecule has 0 aromatic rings. The van der Waals surface area contributed by atoms with Crippen LogP contribution in [0.2, 0.25) is 0 Å². The van der Waals surface area contributed by atoms with Crippen molar-refractivity contribution in [1.29, 1.82) is 0 Å². The molecular formula is C42H70O10P8. The number of hydrogen-bond acceptors (Lipinski definition) is 10. The molecule has 0 aliphatic carbocycles. The molecule has 0 amide bonds. The summed E-state index contributed by atoms with van der Waals surface area (Å²) in [5.41, 5.74) is 2.17. The van der Waals surface area contributed by atoms with E-state index in [0.29, 0.717) is 43.9 Å². The average molecular weight is 983 g/mol. The fourth-order valence-electron chi connectivity index (χ4n) is 10.9. The molecule has 7 aliphatic rings. The standard InChI is InChI=1S/C42H70O10P8/c1-21(12-13-58-53)14-34-25(5)31-18-27(44)17-30-9-11-33-38(47-30)42(52-60(56)57)41-40(49-33)39(51-59(54)55)37(50-41)19-26(43)6-7-28-16-23(3)32(45-28)10-8-29-15-22(2)24(4)35(46-29)20-36(31)48-34/h6-7,21-22,25,28-42,58H,3-4,8-20,53-57H2,1-2,5H3/b7-6+/t21-,22-,25-,28+,29+,30-,31?,32+,33+,34-,35?,36+,37-,38+,39+,40+,41?,42+/m1/s1. The number of allylic oxidation sites excluding steroid dienone is 1. The predicted octanol–water partition coefficient (Wildman–Crippen LogP) is 9.81. The lowest BCUT2D eigenvalue weighted by Gasteiger charge is -2.48. The Morgan fingerprint density at radius 2 is 1.50 bits per heavy atom. The molecule has 18 heteroatoms. The second-order valence-electron chi connectivity index (χ2n) is 18.5. The third-order valence-corrected chi connectivity index (χ3v) is 18.0. The lowest BCUT2D eigenvalue weighted by Crippen LogP contribution is -2.61. The van der Waals surface area contributed by atoms with Crippen LogP contribution < -0.4 is 0 Å². The largest absolute Gasteiger partial charge is 0.374 e. The minimum atomic E-state index is -0.962. The van der Waals surface area contributed by atoms with Gasteiger partial charge in [0.2, 0.25) is 0 Å². The van der Waals surface area contributed by atoms with E-state index in [4.69, 9.17) is 37.5 Å². The number of carbonyl (C=O) groups excluding carboxylic acids is 2. The minimum Gasteiger partial charge on any atom is -0.374 e. The maximum atomic E-state index is 14.3. The molecule has 9 unspecified atom stereocenters. The number of hydrogen-bond donors (Lipinski definition) is 0. The van der Waals surface area contributed by atoms with Gasteiger partial charge in [-0.2, -0.15) is 0 Å². The summed E-state index contributed by atoms with van der Waals surface area (Å²) in [6.45, 7) is 15.8. The minimum absolute atomic E-state index is 0.0583. The van der Waals surface area contributed by atoms with E-state index in [2.05, 4.69) is 78.6 Å². The summed E-state index contributed by atoms with van der Waals surface area (Å²) in [5, 5.41) is 0. The van der Waals surface area contributed by atoms with E-state index in [1.165, 1.54) is 12.6 Å². The van der Waals surface area contributed by atoms with Crippen molar-refractivity contribution in [3.8, 4) is 0 Å². The van der Waals surface area contributed by atoms with Gasteiger partial charge >= 0.3 is 0 Å².